The molecule has 0 radical (unpaired) electrons. The lowest BCUT2D eigenvalue weighted by atomic mass is 9.71. The van der Waals surface area contributed by atoms with Crippen molar-refractivity contribution < 1.29 is 9.18 Å². The van der Waals surface area contributed by atoms with Crippen molar-refractivity contribution in [3.8, 4) is 0 Å². The molecule has 23 heavy (non-hydrogen) atoms. The summed E-state index contributed by atoms with van der Waals surface area (Å²) in [6.07, 6.45) is 4.15. The number of nitrogens with one attached hydrogen (secondary N) is 1. The Morgan fingerprint density at radius 3 is 2.30 bits per heavy atom. The third-order valence-corrected chi connectivity index (χ3v) is 8.36. The SMILES string of the molecule is O=C(NCCC1C2C3CC4C2C2C[C@H]4C3C12)c1ccccc1F. The monoisotopic (exact) mass is 311 g/mol. The summed E-state index contributed by atoms with van der Waals surface area (Å²) in [6.45, 7) is 0.707. The van der Waals surface area contributed by atoms with Crippen molar-refractivity contribution in [3.05, 3.63) is 35.6 Å². The van der Waals surface area contributed by atoms with Gasteiger partial charge in [-0.1, -0.05) is 12.1 Å². The van der Waals surface area contributed by atoms with Gasteiger partial charge in [0.25, 0.3) is 5.91 Å². The van der Waals surface area contributed by atoms with Crippen LogP contribution in [0.4, 0.5) is 4.39 Å². The van der Waals surface area contributed by atoms with Gasteiger partial charge in [-0.2, -0.15) is 0 Å². The number of carbonyl (C=O) groups excluding carboxylic acids is 1. The molecule has 6 aliphatic carbocycles. The molecule has 9 atom stereocenters. The normalized spacial score (nSPS) is 49.7. The molecule has 3 heteroatoms. The molecule has 6 saturated carbocycles. The second-order valence-electron chi connectivity index (χ2n) is 8.62. The summed E-state index contributed by atoms with van der Waals surface area (Å²) in [5, 5.41) is 2.96. The quantitative estimate of drug-likeness (QED) is 0.908. The molecule has 0 aromatic heterocycles. The maximum absolute atomic E-state index is 13.7. The highest BCUT2D eigenvalue weighted by Gasteiger charge is 2.79. The molecule has 6 aliphatic rings. The Morgan fingerprint density at radius 2 is 1.65 bits per heavy atom. The summed E-state index contributed by atoms with van der Waals surface area (Å²) in [6, 6.07) is 6.25. The zero-order chi connectivity index (χ0) is 15.3. The van der Waals surface area contributed by atoms with Gasteiger partial charge < -0.3 is 5.32 Å². The Kier molecular flexibility index (Phi) is 2.35. The van der Waals surface area contributed by atoms with Gasteiger partial charge in [-0.05, 0) is 84.7 Å². The van der Waals surface area contributed by atoms with E-state index >= 15 is 0 Å². The van der Waals surface area contributed by atoms with E-state index in [1.54, 1.807) is 18.2 Å². The predicted molar refractivity (Wildman–Crippen MR) is 84.0 cm³/mol. The average Bonchev–Trinajstić information content (AvgIpc) is 3.26. The average molecular weight is 311 g/mol. The highest BCUT2D eigenvalue weighted by molar-refractivity contribution is 5.94. The molecule has 0 heterocycles. The Bertz CT molecular complexity index is 675. The minimum Gasteiger partial charge on any atom is -0.352 e. The van der Waals surface area contributed by atoms with Gasteiger partial charge in [-0.3, -0.25) is 4.79 Å². The third kappa shape index (κ3) is 1.39. The molecular weight excluding hydrogens is 289 g/mol. The summed E-state index contributed by atoms with van der Waals surface area (Å²) < 4.78 is 13.7. The number of carbonyl (C=O) groups is 1. The van der Waals surface area contributed by atoms with E-state index in [1.807, 2.05) is 0 Å². The summed E-state index contributed by atoms with van der Waals surface area (Å²) in [7, 11) is 0. The molecule has 6 fully saturated rings. The van der Waals surface area contributed by atoms with Crippen molar-refractivity contribution in [1.29, 1.82) is 0 Å². The van der Waals surface area contributed by atoms with E-state index in [4.69, 9.17) is 0 Å². The van der Waals surface area contributed by atoms with Gasteiger partial charge in [-0.15, -0.1) is 0 Å². The van der Waals surface area contributed by atoms with Crippen molar-refractivity contribution in [2.24, 2.45) is 53.3 Å². The van der Waals surface area contributed by atoms with E-state index in [-0.39, 0.29) is 11.5 Å². The second-order valence-corrected chi connectivity index (χ2v) is 8.62. The van der Waals surface area contributed by atoms with Crippen molar-refractivity contribution in [3.63, 3.8) is 0 Å². The molecule has 1 amide bonds. The molecule has 120 valence electrons. The third-order valence-electron chi connectivity index (χ3n) is 8.36. The Hall–Kier alpha value is -1.38. The maximum Gasteiger partial charge on any atom is 0.254 e. The summed E-state index contributed by atoms with van der Waals surface area (Å²) in [5.41, 5.74) is 0.173. The topological polar surface area (TPSA) is 29.1 Å². The van der Waals surface area contributed by atoms with Crippen LogP contribution in [0.5, 0.6) is 0 Å². The van der Waals surface area contributed by atoms with E-state index in [2.05, 4.69) is 5.32 Å². The Labute approximate surface area is 135 Å². The van der Waals surface area contributed by atoms with E-state index in [0.29, 0.717) is 6.54 Å². The Balaban J connectivity index is 1.14. The molecule has 0 aliphatic heterocycles. The molecule has 0 saturated heterocycles. The van der Waals surface area contributed by atoms with Crippen LogP contribution < -0.4 is 5.32 Å². The molecule has 1 aromatic rings. The number of amides is 1. The number of halogens is 1. The fourth-order valence-electron chi connectivity index (χ4n) is 8.29. The fraction of sp³-hybridized carbons (Fsp3) is 0.650. The van der Waals surface area contributed by atoms with E-state index in [9.17, 15) is 9.18 Å². The van der Waals surface area contributed by atoms with Gasteiger partial charge in [0.15, 0.2) is 0 Å². The van der Waals surface area contributed by atoms with Crippen LogP contribution >= 0.6 is 0 Å². The summed E-state index contributed by atoms with van der Waals surface area (Å²) in [4.78, 5) is 12.2. The van der Waals surface area contributed by atoms with Gasteiger partial charge in [0.05, 0.1) is 5.56 Å². The van der Waals surface area contributed by atoms with E-state index in [1.165, 1.54) is 18.9 Å². The fourth-order valence-corrected chi connectivity index (χ4v) is 8.29. The van der Waals surface area contributed by atoms with Crippen LogP contribution in [0.15, 0.2) is 24.3 Å². The highest BCUT2D eigenvalue weighted by Crippen LogP contribution is 2.84. The van der Waals surface area contributed by atoms with Crippen LogP contribution in [-0.4, -0.2) is 12.5 Å². The lowest BCUT2D eigenvalue weighted by molar-refractivity contribution is 0.0946. The summed E-state index contributed by atoms with van der Waals surface area (Å²) in [5.74, 6) is 8.43. The van der Waals surface area contributed by atoms with Crippen LogP contribution in [0.25, 0.3) is 0 Å². The van der Waals surface area contributed by atoms with Crippen LogP contribution in [0.3, 0.4) is 0 Å². The number of hydrogen-bond donors (Lipinski definition) is 1. The van der Waals surface area contributed by atoms with Crippen molar-refractivity contribution in [2.75, 3.05) is 6.54 Å². The number of hydrogen-bond acceptors (Lipinski definition) is 1. The molecular formula is C20H22FNO. The Morgan fingerprint density at radius 1 is 1.00 bits per heavy atom. The standard InChI is InChI=1S/C20H22FNO/c21-15-4-2-1-3-9(15)20(23)22-6-5-10-16-13-7-11-12-8-14(18(11)16)17(10)19(12)13/h1-4,10-14,16-19H,5-8H2,(H,22,23)/t10?,11-,12?,13?,14?,16?,17?,18?,19?/m1/s1. The molecule has 6 bridgehead atoms. The van der Waals surface area contributed by atoms with E-state index in [0.717, 1.165) is 59.7 Å². The largest absolute Gasteiger partial charge is 0.352 e. The lowest BCUT2D eigenvalue weighted by Crippen LogP contribution is -2.30. The number of benzene rings is 1. The van der Waals surface area contributed by atoms with Gasteiger partial charge in [-0.25, -0.2) is 4.39 Å². The van der Waals surface area contributed by atoms with Crippen LogP contribution in [-0.2, 0) is 0 Å². The maximum atomic E-state index is 13.7. The van der Waals surface area contributed by atoms with Crippen molar-refractivity contribution in [2.45, 2.75) is 19.3 Å². The van der Waals surface area contributed by atoms with Gasteiger partial charge in [0.2, 0.25) is 0 Å². The van der Waals surface area contributed by atoms with Gasteiger partial charge in [0.1, 0.15) is 5.82 Å². The van der Waals surface area contributed by atoms with E-state index < -0.39 is 5.82 Å². The number of rotatable bonds is 4. The summed E-state index contributed by atoms with van der Waals surface area (Å²) >= 11 is 0. The first-order valence-corrected chi connectivity index (χ1v) is 9.28. The molecule has 2 nitrogen and oxygen atoms in total. The van der Waals surface area contributed by atoms with Gasteiger partial charge >= 0.3 is 0 Å². The lowest BCUT2D eigenvalue weighted by Gasteiger charge is -2.33. The van der Waals surface area contributed by atoms with Crippen molar-refractivity contribution >= 4 is 5.91 Å². The first-order chi connectivity index (χ1) is 11.3. The predicted octanol–water partition coefficient (Wildman–Crippen LogP) is 3.34. The smallest absolute Gasteiger partial charge is 0.254 e. The highest BCUT2D eigenvalue weighted by atomic mass is 19.1. The molecule has 1 N–H and O–H groups in total. The zero-order valence-electron chi connectivity index (χ0n) is 13.1. The molecule has 8 unspecified atom stereocenters. The first kappa shape index (κ1) is 13.0. The zero-order valence-corrected chi connectivity index (χ0v) is 13.1. The van der Waals surface area contributed by atoms with Crippen LogP contribution in [0, 0.1) is 59.1 Å². The first-order valence-electron chi connectivity index (χ1n) is 9.28. The molecule has 7 rings (SSSR count). The minimum atomic E-state index is -0.425. The van der Waals surface area contributed by atoms with Gasteiger partial charge in [0, 0.05) is 6.54 Å². The van der Waals surface area contributed by atoms with Crippen LogP contribution in [0.2, 0.25) is 0 Å². The molecule has 1 aromatic carbocycles. The second kappa shape index (κ2) is 4.17. The molecule has 0 spiro atoms. The van der Waals surface area contributed by atoms with Crippen LogP contribution in [0.1, 0.15) is 29.6 Å². The minimum absolute atomic E-state index is 0.173. The van der Waals surface area contributed by atoms with Crippen molar-refractivity contribution in [1.82, 2.24) is 5.32 Å².